The lowest BCUT2D eigenvalue weighted by Crippen LogP contribution is -1.74. The van der Waals surface area contributed by atoms with E-state index in [-0.39, 0.29) is 12.4 Å². The molecule has 2 aromatic heterocycles. The van der Waals surface area contributed by atoms with E-state index < -0.39 is 0 Å². The van der Waals surface area contributed by atoms with E-state index in [2.05, 4.69) is 4.42 Å². The standard InChI is InChI=1S/C7H8O2.C6H6O3/c1-2-6-3-4-7(5-8)9-6;7-2-5-1-6(3-8)9-4-5/h3-5H,2H2,1H3;1,3-4,7H,2H2. The molecule has 2 heterocycles. The lowest BCUT2D eigenvalue weighted by Gasteiger charge is -1.82. The first-order chi connectivity index (χ1) is 8.73. The molecular formula is C13H14O5. The maximum absolute atomic E-state index is 10.0. The average Bonchev–Trinajstić information content (AvgIpc) is 3.07. The normalized spacial score (nSPS) is 9.44. The highest BCUT2D eigenvalue weighted by molar-refractivity contribution is 5.70. The molecule has 0 saturated heterocycles. The molecule has 2 aromatic rings. The van der Waals surface area contributed by atoms with E-state index in [1.807, 2.05) is 13.0 Å². The van der Waals surface area contributed by atoms with Gasteiger partial charge in [0.1, 0.15) is 5.76 Å². The summed E-state index contributed by atoms with van der Waals surface area (Å²) >= 11 is 0. The van der Waals surface area contributed by atoms with E-state index in [1.165, 1.54) is 12.3 Å². The first-order valence-corrected chi connectivity index (χ1v) is 5.40. The van der Waals surface area contributed by atoms with Gasteiger partial charge in [-0.2, -0.15) is 0 Å². The SMILES string of the molecule is CCc1ccc(C=O)o1.O=Cc1cc(CO)co1. The highest BCUT2D eigenvalue weighted by Gasteiger charge is 1.96. The third kappa shape index (κ3) is 4.03. The Kier molecular flexibility index (Phi) is 5.60. The first kappa shape index (κ1) is 13.9. The summed E-state index contributed by atoms with van der Waals surface area (Å²) in [4.78, 5) is 20.0. The van der Waals surface area contributed by atoms with Crippen LogP contribution < -0.4 is 0 Å². The fraction of sp³-hybridized carbons (Fsp3) is 0.231. The lowest BCUT2D eigenvalue weighted by atomic mass is 10.3. The van der Waals surface area contributed by atoms with Gasteiger partial charge in [-0.25, -0.2) is 0 Å². The summed E-state index contributed by atoms with van der Waals surface area (Å²) in [6, 6.07) is 4.97. The van der Waals surface area contributed by atoms with Crippen LogP contribution in [0.1, 0.15) is 39.4 Å². The zero-order valence-corrected chi connectivity index (χ0v) is 9.96. The van der Waals surface area contributed by atoms with Gasteiger partial charge in [0, 0.05) is 12.0 Å². The second-order valence-electron chi connectivity index (χ2n) is 3.41. The largest absolute Gasteiger partial charge is 0.461 e. The predicted octanol–water partition coefficient (Wildman–Crippen LogP) is 2.24. The molecule has 2 rings (SSSR count). The van der Waals surface area contributed by atoms with Crippen LogP contribution >= 0.6 is 0 Å². The van der Waals surface area contributed by atoms with Gasteiger partial charge in [-0.05, 0) is 18.2 Å². The van der Waals surface area contributed by atoms with E-state index in [9.17, 15) is 9.59 Å². The van der Waals surface area contributed by atoms with Crippen LogP contribution in [0.25, 0.3) is 0 Å². The quantitative estimate of drug-likeness (QED) is 0.841. The van der Waals surface area contributed by atoms with Gasteiger partial charge in [-0.15, -0.1) is 0 Å². The van der Waals surface area contributed by atoms with Crippen LogP contribution in [0.4, 0.5) is 0 Å². The van der Waals surface area contributed by atoms with E-state index in [4.69, 9.17) is 9.52 Å². The third-order valence-electron chi connectivity index (χ3n) is 2.12. The highest BCUT2D eigenvalue weighted by Crippen LogP contribution is 2.05. The summed E-state index contributed by atoms with van der Waals surface area (Å²) in [6.07, 6.45) is 3.50. The monoisotopic (exact) mass is 250 g/mol. The molecular weight excluding hydrogens is 236 g/mol. The van der Waals surface area contributed by atoms with Gasteiger partial charge in [-0.3, -0.25) is 9.59 Å². The van der Waals surface area contributed by atoms with Gasteiger partial charge in [0.25, 0.3) is 0 Å². The number of hydrogen-bond donors (Lipinski definition) is 1. The van der Waals surface area contributed by atoms with Gasteiger partial charge in [0.2, 0.25) is 0 Å². The molecule has 18 heavy (non-hydrogen) atoms. The third-order valence-corrected chi connectivity index (χ3v) is 2.12. The van der Waals surface area contributed by atoms with Crippen LogP contribution in [-0.2, 0) is 13.0 Å². The summed E-state index contributed by atoms with van der Waals surface area (Å²) in [5, 5.41) is 8.47. The second-order valence-corrected chi connectivity index (χ2v) is 3.41. The fourth-order valence-corrected chi connectivity index (χ4v) is 1.19. The summed E-state index contributed by atoms with van der Waals surface area (Å²) in [5.74, 6) is 1.52. The Labute approximate surface area is 104 Å². The minimum atomic E-state index is -0.0860. The van der Waals surface area contributed by atoms with Crippen molar-refractivity contribution in [2.45, 2.75) is 20.0 Å². The van der Waals surface area contributed by atoms with Crippen molar-refractivity contribution in [1.82, 2.24) is 0 Å². The first-order valence-electron chi connectivity index (χ1n) is 5.40. The number of hydrogen-bond acceptors (Lipinski definition) is 5. The van der Waals surface area contributed by atoms with Crippen molar-refractivity contribution in [3.05, 3.63) is 47.3 Å². The number of carbonyl (C=O) groups excluding carboxylic acids is 2. The summed E-state index contributed by atoms with van der Waals surface area (Å²) in [7, 11) is 0. The van der Waals surface area contributed by atoms with Crippen LogP contribution in [0.15, 0.2) is 33.3 Å². The Morgan fingerprint density at radius 3 is 2.28 bits per heavy atom. The van der Waals surface area contributed by atoms with Crippen molar-refractivity contribution in [3.63, 3.8) is 0 Å². The van der Waals surface area contributed by atoms with E-state index >= 15 is 0 Å². The molecule has 0 aromatic carbocycles. The maximum Gasteiger partial charge on any atom is 0.185 e. The van der Waals surface area contributed by atoms with Gasteiger partial charge in [0.05, 0.1) is 12.9 Å². The zero-order valence-electron chi connectivity index (χ0n) is 9.96. The minimum Gasteiger partial charge on any atom is -0.461 e. The Morgan fingerprint density at radius 1 is 1.22 bits per heavy atom. The van der Waals surface area contributed by atoms with E-state index in [1.54, 1.807) is 6.07 Å². The zero-order chi connectivity index (χ0) is 13.4. The number of furan rings is 2. The van der Waals surface area contributed by atoms with Crippen molar-refractivity contribution in [1.29, 1.82) is 0 Å². The van der Waals surface area contributed by atoms with Crippen molar-refractivity contribution in [2.75, 3.05) is 0 Å². The molecule has 0 fully saturated rings. The number of aliphatic hydroxyl groups is 1. The molecule has 0 spiro atoms. The van der Waals surface area contributed by atoms with Gasteiger partial charge >= 0.3 is 0 Å². The molecule has 0 aliphatic heterocycles. The minimum absolute atomic E-state index is 0.0860. The molecule has 0 bridgehead atoms. The van der Waals surface area contributed by atoms with Crippen LogP contribution in [0.2, 0.25) is 0 Å². The molecule has 0 aliphatic carbocycles. The van der Waals surface area contributed by atoms with Crippen LogP contribution in [-0.4, -0.2) is 17.7 Å². The molecule has 0 saturated carbocycles. The van der Waals surface area contributed by atoms with Crippen molar-refractivity contribution >= 4 is 12.6 Å². The number of carbonyl (C=O) groups is 2. The highest BCUT2D eigenvalue weighted by atomic mass is 16.3. The topological polar surface area (TPSA) is 80.7 Å². The smallest absolute Gasteiger partial charge is 0.185 e. The van der Waals surface area contributed by atoms with E-state index in [0.717, 1.165) is 12.2 Å². The van der Waals surface area contributed by atoms with Crippen molar-refractivity contribution < 1.29 is 23.5 Å². The van der Waals surface area contributed by atoms with E-state index in [0.29, 0.717) is 23.9 Å². The van der Waals surface area contributed by atoms with Crippen LogP contribution in [0.5, 0.6) is 0 Å². The molecule has 1 N–H and O–H groups in total. The maximum atomic E-state index is 10.0. The summed E-state index contributed by atoms with van der Waals surface area (Å²) in [6.45, 7) is 1.89. The number of aliphatic hydroxyl groups excluding tert-OH is 1. The number of aldehydes is 2. The summed E-state index contributed by atoms with van der Waals surface area (Å²) < 4.78 is 9.69. The Balaban J connectivity index is 0.000000180. The number of rotatable bonds is 4. The Morgan fingerprint density at radius 2 is 1.94 bits per heavy atom. The predicted molar refractivity (Wildman–Crippen MR) is 63.5 cm³/mol. The molecule has 0 aliphatic rings. The van der Waals surface area contributed by atoms with Gasteiger partial charge < -0.3 is 13.9 Å². The summed E-state index contributed by atoms with van der Waals surface area (Å²) in [5.41, 5.74) is 0.622. The Bertz CT molecular complexity index is 449. The number of aryl methyl sites for hydroxylation is 1. The molecule has 0 radical (unpaired) electrons. The average molecular weight is 250 g/mol. The van der Waals surface area contributed by atoms with Gasteiger partial charge in [0.15, 0.2) is 24.1 Å². The molecule has 5 nitrogen and oxygen atoms in total. The molecule has 96 valence electrons. The molecule has 0 unspecified atom stereocenters. The Hall–Kier alpha value is -2.14. The van der Waals surface area contributed by atoms with Crippen LogP contribution in [0.3, 0.4) is 0 Å². The van der Waals surface area contributed by atoms with Gasteiger partial charge in [-0.1, -0.05) is 6.92 Å². The second kappa shape index (κ2) is 7.24. The molecule has 5 heteroatoms. The molecule has 0 atom stereocenters. The van der Waals surface area contributed by atoms with Crippen molar-refractivity contribution in [2.24, 2.45) is 0 Å². The fourth-order valence-electron chi connectivity index (χ4n) is 1.19. The van der Waals surface area contributed by atoms with Crippen LogP contribution in [0, 0.1) is 0 Å². The van der Waals surface area contributed by atoms with Crippen molar-refractivity contribution in [3.8, 4) is 0 Å². The lowest BCUT2D eigenvalue weighted by molar-refractivity contribution is 0.109. The molecule has 0 amide bonds.